The fraction of sp³-hybridized carbons (Fsp3) is 0.333. The average molecular weight is 360 g/mol. The van der Waals surface area contributed by atoms with Crippen molar-refractivity contribution in [3.05, 3.63) is 51.4 Å². The highest BCUT2D eigenvalue weighted by Gasteiger charge is 2.29. The van der Waals surface area contributed by atoms with E-state index in [4.69, 9.17) is 16.6 Å². The lowest BCUT2D eigenvalue weighted by Gasteiger charge is -2.32. The topological polar surface area (TPSA) is 38.1 Å². The molecule has 124 valence electrons. The molecule has 1 saturated heterocycles. The molecular formula is C18H18ClN3OS. The summed E-state index contributed by atoms with van der Waals surface area (Å²) < 4.78 is 2.82. The molecule has 1 aromatic carbocycles. The zero-order valence-corrected chi connectivity index (χ0v) is 15.0. The molecular weight excluding hydrogens is 342 g/mol. The highest BCUT2D eigenvalue weighted by Crippen LogP contribution is 2.30. The number of aromatic nitrogens is 2. The molecule has 0 saturated carbocycles. The Bertz CT molecular complexity index is 901. The van der Waals surface area contributed by atoms with Crippen LogP contribution in [0.5, 0.6) is 0 Å². The zero-order chi connectivity index (χ0) is 16.7. The molecule has 6 heteroatoms. The van der Waals surface area contributed by atoms with Crippen LogP contribution in [-0.2, 0) is 7.05 Å². The third kappa shape index (κ3) is 2.72. The van der Waals surface area contributed by atoms with Crippen LogP contribution in [-0.4, -0.2) is 33.4 Å². The van der Waals surface area contributed by atoms with Crippen LogP contribution < -0.4 is 0 Å². The maximum absolute atomic E-state index is 12.7. The Morgan fingerprint density at radius 1 is 1.29 bits per heavy atom. The Morgan fingerprint density at radius 2 is 2.12 bits per heavy atom. The molecule has 2 aromatic heterocycles. The van der Waals surface area contributed by atoms with Crippen LogP contribution in [0.3, 0.4) is 0 Å². The first kappa shape index (κ1) is 15.7. The predicted octanol–water partition coefficient (Wildman–Crippen LogP) is 4.31. The van der Waals surface area contributed by atoms with E-state index in [0.29, 0.717) is 15.8 Å². The number of rotatable bonds is 2. The number of carbonyl (C=O) groups is 1. The lowest BCUT2D eigenvalue weighted by molar-refractivity contribution is 0.0708. The van der Waals surface area contributed by atoms with Gasteiger partial charge in [-0.25, -0.2) is 4.98 Å². The lowest BCUT2D eigenvalue weighted by atomic mass is 9.97. The Morgan fingerprint density at radius 3 is 2.88 bits per heavy atom. The largest absolute Gasteiger partial charge is 0.337 e. The highest BCUT2D eigenvalue weighted by atomic mass is 35.5. The first-order valence-corrected chi connectivity index (χ1v) is 9.29. The fourth-order valence-corrected chi connectivity index (χ4v) is 4.50. The third-order valence-corrected chi connectivity index (χ3v) is 5.90. The number of hydrogen-bond donors (Lipinski definition) is 0. The average Bonchev–Trinajstić information content (AvgIpc) is 3.19. The Kier molecular flexibility index (Phi) is 4.06. The second-order valence-electron chi connectivity index (χ2n) is 6.21. The highest BCUT2D eigenvalue weighted by molar-refractivity contribution is 7.17. The van der Waals surface area contributed by atoms with Gasteiger partial charge in [-0.3, -0.25) is 4.79 Å². The van der Waals surface area contributed by atoms with E-state index < -0.39 is 0 Å². The van der Waals surface area contributed by atoms with Crippen molar-refractivity contribution in [2.75, 3.05) is 13.1 Å². The Hall–Kier alpha value is -1.85. The summed E-state index contributed by atoms with van der Waals surface area (Å²) in [5, 5.41) is 0. The lowest BCUT2D eigenvalue weighted by Crippen LogP contribution is -2.39. The van der Waals surface area contributed by atoms with Gasteiger partial charge >= 0.3 is 0 Å². The Balaban J connectivity index is 1.60. The van der Waals surface area contributed by atoms with E-state index in [0.717, 1.165) is 36.2 Å². The van der Waals surface area contributed by atoms with E-state index in [1.165, 1.54) is 11.3 Å². The van der Waals surface area contributed by atoms with E-state index in [9.17, 15) is 4.79 Å². The molecule has 1 unspecified atom stereocenters. The van der Waals surface area contributed by atoms with Crippen molar-refractivity contribution in [2.24, 2.45) is 7.05 Å². The first-order chi connectivity index (χ1) is 11.6. The molecule has 0 radical (unpaired) electrons. The number of hydrogen-bond acceptors (Lipinski definition) is 3. The van der Waals surface area contributed by atoms with Crippen LogP contribution in [0.15, 0.2) is 36.4 Å². The number of thiophene rings is 1. The number of nitrogens with zero attached hydrogens (tertiary/aromatic N) is 3. The number of aryl methyl sites for hydroxylation is 1. The van der Waals surface area contributed by atoms with Gasteiger partial charge in [0.05, 0.1) is 20.2 Å². The summed E-state index contributed by atoms with van der Waals surface area (Å²) in [6, 6.07) is 11.8. The molecule has 0 N–H and O–H groups in total. The number of para-hydroxylation sites is 2. The van der Waals surface area contributed by atoms with E-state index in [-0.39, 0.29) is 11.8 Å². The first-order valence-electron chi connectivity index (χ1n) is 8.09. The summed E-state index contributed by atoms with van der Waals surface area (Å²) in [5.41, 5.74) is 2.16. The maximum atomic E-state index is 12.7. The van der Waals surface area contributed by atoms with Gasteiger partial charge in [0, 0.05) is 26.1 Å². The molecule has 1 atom stereocenters. The van der Waals surface area contributed by atoms with Crippen molar-refractivity contribution in [3.63, 3.8) is 0 Å². The van der Waals surface area contributed by atoms with E-state index in [1.54, 1.807) is 6.07 Å². The smallest absolute Gasteiger partial charge is 0.263 e. The van der Waals surface area contributed by atoms with Gasteiger partial charge in [-0.05, 0) is 37.1 Å². The van der Waals surface area contributed by atoms with Gasteiger partial charge < -0.3 is 9.47 Å². The minimum Gasteiger partial charge on any atom is -0.337 e. The number of likely N-dealkylation sites (tertiary alicyclic amines) is 1. The van der Waals surface area contributed by atoms with Gasteiger partial charge in [0.25, 0.3) is 5.91 Å². The molecule has 4 rings (SSSR count). The van der Waals surface area contributed by atoms with Gasteiger partial charge in [-0.15, -0.1) is 11.3 Å². The molecule has 0 aliphatic carbocycles. The van der Waals surface area contributed by atoms with Gasteiger partial charge in [0.2, 0.25) is 0 Å². The molecule has 3 heterocycles. The fourth-order valence-electron chi connectivity index (χ4n) is 3.49. The number of piperidine rings is 1. The third-order valence-electron chi connectivity index (χ3n) is 4.68. The standard InChI is InChI=1S/C18H18ClN3OS/c1-21-14-7-3-2-6-13(14)20-17(21)12-5-4-10-22(11-12)18(23)15-8-9-16(19)24-15/h2-3,6-9,12H,4-5,10-11H2,1H3. The van der Waals surface area contributed by atoms with Crippen LogP contribution in [0.1, 0.15) is 34.3 Å². The number of fused-ring (bicyclic) bond motifs is 1. The van der Waals surface area contributed by atoms with Gasteiger partial charge in [-0.1, -0.05) is 23.7 Å². The van der Waals surface area contributed by atoms with Crippen LogP contribution >= 0.6 is 22.9 Å². The van der Waals surface area contributed by atoms with Crippen LogP contribution in [0, 0.1) is 0 Å². The van der Waals surface area contributed by atoms with Gasteiger partial charge in [0.1, 0.15) is 5.82 Å². The van der Waals surface area contributed by atoms with Gasteiger partial charge in [-0.2, -0.15) is 0 Å². The normalized spacial score (nSPS) is 18.2. The van der Waals surface area contributed by atoms with Crippen molar-refractivity contribution in [2.45, 2.75) is 18.8 Å². The van der Waals surface area contributed by atoms with Crippen LogP contribution in [0.25, 0.3) is 11.0 Å². The zero-order valence-electron chi connectivity index (χ0n) is 13.4. The summed E-state index contributed by atoms with van der Waals surface area (Å²) in [7, 11) is 2.06. The summed E-state index contributed by atoms with van der Waals surface area (Å²) in [6.45, 7) is 1.51. The number of carbonyl (C=O) groups excluding carboxylic acids is 1. The Labute approximate surface area is 149 Å². The second kappa shape index (κ2) is 6.22. The molecule has 1 aliphatic heterocycles. The van der Waals surface area contributed by atoms with Crippen molar-refractivity contribution in [1.82, 2.24) is 14.5 Å². The summed E-state index contributed by atoms with van der Waals surface area (Å²) in [4.78, 5) is 20.2. The quantitative estimate of drug-likeness (QED) is 0.683. The van der Waals surface area contributed by atoms with Crippen molar-refractivity contribution in [1.29, 1.82) is 0 Å². The molecule has 0 spiro atoms. The number of amides is 1. The maximum Gasteiger partial charge on any atom is 0.263 e. The van der Waals surface area contributed by atoms with Gasteiger partial charge in [0.15, 0.2) is 0 Å². The molecule has 3 aromatic rings. The minimum absolute atomic E-state index is 0.0790. The van der Waals surface area contributed by atoms with E-state index in [1.807, 2.05) is 29.2 Å². The molecule has 1 aliphatic rings. The SMILES string of the molecule is Cn1c(C2CCCN(C(=O)c3ccc(Cl)s3)C2)nc2ccccc21. The molecule has 24 heavy (non-hydrogen) atoms. The number of benzene rings is 1. The van der Waals surface area contributed by atoms with E-state index >= 15 is 0 Å². The molecule has 1 fully saturated rings. The summed E-state index contributed by atoms with van der Waals surface area (Å²) in [5.74, 6) is 1.42. The van der Waals surface area contributed by atoms with E-state index in [2.05, 4.69) is 17.7 Å². The van der Waals surface area contributed by atoms with Crippen LogP contribution in [0.2, 0.25) is 4.34 Å². The summed E-state index contributed by atoms with van der Waals surface area (Å²) >= 11 is 7.32. The molecule has 0 bridgehead atoms. The minimum atomic E-state index is 0.0790. The van der Waals surface area contributed by atoms with Crippen LogP contribution in [0.4, 0.5) is 0 Å². The van der Waals surface area contributed by atoms with Crippen molar-refractivity contribution >= 4 is 39.9 Å². The monoisotopic (exact) mass is 359 g/mol. The van der Waals surface area contributed by atoms with Crippen molar-refractivity contribution < 1.29 is 4.79 Å². The summed E-state index contributed by atoms with van der Waals surface area (Å²) in [6.07, 6.45) is 2.06. The predicted molar refractivity (Wildman–Crippen MR) is 97.9 cm³/mol. The molecule has 1 amide bonds. The van der Waals surface area contributed by atoms with Crippen molar-refractivity contribution in [3.8, 4) is 0 Å². The molecule has 4 nitrogen and oxygen atoms in total. The number of halogens is 1. The number of imidazole rings is 1. The second-order valence-corrected chi connectivity index (χ2v) is 7.93.